The van der Waals surface area contributed by atoms with Crippen LogP contribution in [-0.2, 0) is 4.79 Å². The van der Waals surface area contributed by atoms with Gasteiger partial charge in [-0.3, -0.25) is 4.79 Å². The molecule has 0 N–H and O–H groups in total. The topological polar surface area (TPSA) is 17.1 Å². The van der Waals surface area contributed by atoms with Gasteiger partial charge in [-0.2, -0.15) is 13.2 Å². The maximum atomic E-state index is 13.1. The van der Waals surface area contributed by atoms with Crippen molar-refractivity contribution >= 4 is 5.78 Å². The van der Waals surface area contributed by atoms with Gasteiger partial charge in [0.15, 0.2) is 0 Å². The molecule has 0 spiro atoms. The van der Waals surface area contributed by atoms with Gasteiger partial charge >= 0.3 is 6.18 Å². The highest BCUT2D eigenvalue weighted by atomic mass is 19.4. The molecule has 25 heavy (non-hydrogen) atoms. The van der Waals surface area contributed by atoms with Crippen LogP contribution in [0.2, 0.25) is 0 Å². The van der Waals surface area contributed by atoms with Crippen LogP contribution in [0.3, 0.4) is 0 Å². The fourth-order valence-electron chi connectivity index (χ4n) is 7.82. The first-order valence-electron chi connectivity index (χ1n) is 10.3. The number of carbonyl (C=O) groups is 1. The third-order valence-electron chi connectivity index (χ3n) is 8.91. The Balaban J connectivity index is 1.51. The maximum Gasteiger partial charge on any atom is 0.391 e. The average Bonchev–Trinajstić information content (AvgIpc) is 2.90. The van der Waals surface area contributed by atoms with Gasteiger partial charge in [-0.05, 0) is 99.7 Å². The Morgan fingerprint density at radius 2 is 1.64 bits per heavy atom. The lowest BCUT2D eigenvalue weighted by Gasteiger charge is -2.56. The Hall–Kier alpha value is -0.540. The zero-order valence-electron chi connectivity index (χ0n) is 15.4. The molecule has 0 amide bonds. The second-order valence-corrected chi connectivity index (χ2v) is 9.77. The molecule has 4 aliphatic carbocycles. The molecular formula is C21H31F3O. The highest BCUT2D eigenvalue weighted by Gasteiger charge is 2.58. The summed E-state index contributed by atoms with van der Waals surface area (Å²) >= 11 is 0. The normalized spacial score (nSPS) is 49.9. The molecule has 3 unspecified atom stereocenters. The number of Topliss-reactive ketones (excluding diaryl/α,β-unsaturated/α-hetero) is 1. The summed E-state index contributed by atoms with van der Waals surface area (Å²) in [5.74, 6) is 2.21. The van der Waals surface area contributed by atoms with E-state index in [1.54, 1.807) is 6.92 Å². The summed E-state index contributed by atoms with van der Waals surface area (Å²) in [6.45, 7) is 4.08. The van der Waals surface area contributed by atoms with Crippen LogP contribution in [0, 0.1) is 46.8 Å². The summed E-state index contributed by atoms with van der Waals surface area (Å²) in [7, 11) is 0. The second-order valence-electron chi connectivity index (χ2n) is 9.77. The second kappa shape index (κ2) is 5.99. The summed E-state index contributed by atoms with van der Waals surface area (Å²) in [6, 6.07) is 0. The molecule has 0 aliphatic heterocycles. The number of hydrogen-bond acceptors (Lipinski definition) is 1. The lowest BCUT2D eigenvalue weighted by molar-refractivity contribution is -0.196. The fraction of sp³-hybridized carbons (Fsp3) is 0.952. The number of rotatable bonds is 1. The van der Waals surface area contributed by atoms with Gasteiger partial charge in [-0.1, -0.05) is 6.92 Å². The minimum absolute atomic E-state index is 0.156. The lowest BCUT2D eigenvalue weighted by atomic mass is 9.49. The van der Waals surface area contributed by atoms with Crippen molar-refractivity contribution in [3.05, 3.63) is 0 Å². The number of halogens is 3. The van der Waals surface area contributed by atoms with E-state index in [0.29, 0.717) is 42.3 Å². The Morgan fingerprint density at radius 3 is 2.32 bits per heavy atom. The van der Waals surface area contributed by atoms with E-state index >= 15 is 0 Å². The number of ketones is 1. The van der Waals surface area contributed by atoms with Crippen molar-refractivity contribution in [1.82, 2.24) is 0 Å². The van der Waals surface area contributed by atoms with Crippen LogP contribution in [0.4, 0.5) is 13.2 Å². The first-order chi connectivity index (χ1) is 11.7. The summed E-state index contributed by atoms with van der Waals surface area (Å²) in [6.07, 6.45) is 3.99. The minimum Gasteiger partial charge on any atom is -0.300 e. The molecule has 142 valence electrons. The summed E-state index contributed by atoms with van der Waals surface area (Å²) < 4.78 is 39.4. The van der Waals surface area contributed by atoms with Crippen molar-refractivity contribution in [1.29, 1.82) is 0 Å². The van der Waals surface area contributed by atoms with Gasteiger partial charge in [0.2, 0.25) is 0 Å². The Kier molecular flexibility index (Phi) is 4.28. The molecule has 0 radical (unpaired) electrons. The van der Waals surface area contributed by atoms with Crippen LogP contribution >= 0.6 is 0 Å². The molecular weight excluding hydrogens is 325 g/mol. The molecule has 4 fully saturated rings. The molecule has 4 saturated carbocycles. The number of hydrogen-bond donors (Lipinski definition) is 0. The predicted octanol–water partition coefficient (Wildman–Crippen LogP) is 6.02. The fourth-order valence-corrected chi connectivity index (χ4v) is 7.82. The van der Waals surface area contributed by atoms with Crippen molar-refractivity contribution in [3.63, 3.8) is 0 Å². The van der Waals surface area contributed by atoms with E-state index in [1.807, 2.05) is 0 Å². The first kappa shape index (κ1) is 17.9. The molecule has 0 bridgehead atoms. The lowest BCUT2D eigenvalue weighted by Crippen LogP contribution is -2.49. The van der Waals surface area contributed by atoms with Crippen molar-refractivity contribution < 1.29 is 18.0 Å². The Morgan fingerprint density at radius 1 is 0.920 bits per heavy atom. The van der Waals surface area contributed by atoms with Gasteiger partial charge in [0.1, 0.15) is 5.78 Å². The molecule has 4 aliphatic rings. The Labute approximate surface area is 149 Å². The zero-order valence-corrected chi connectivity index (χ0v) is 15.4. The number of carbonyl (C=O) groups excluding carboxylic acids is 1. The quantitative estimate of drug-likeness (QED) is 0.561. The molecule has 8 atom stereocenters. The average molecular weight is 356 g/mol. The van der Waals surface area contributed by atoms with E-state index in [0.717, 1.165) is 44.9 Å². The molecule has 4 rings (SSSR count). The van der Waals surface area contributed by atoms with Gasteiger partial charge in [-0.15, -0.1) is 0 Å². The van der Waals surface area contributed by atoms with E-state index < -0.39 is 12.1 Å². The molecule has 0 aromatic carbocycles. The Bertz CT molecular complexity index is 542. The van der Waals surface area contributed by atoms with E-state index in [2.05, 4.69) is 6.92 Å². The smallest absolute Gasteiger partial charge is 0.300 e. The largest absolute Gasteiger partial charge is 0.391 e. The van der Waals surface area contributed by atoms with Gasteiger partial charge in [0.05, 0.1) is 5.92 Å². The third kappa shape index (κ3) is 2.77. The monoisotopic (exact) mass is 356 g/mol. The predicted molar refractivity (Wildman–Crippen MR) is 90.8 cm³/mol. The zero-order chi connectivity index (χ0) is 18.0. The van der Waals surface area contributed by atoms with Crippen LogP contribution in [0.5, 0.6) is 0 Å². The summed E-state index contributed by atoms with van der Waals surface area (Å²) in [5, 5.41) is 0. The highest BCUT2D eigenvalue weighted by Crippen LogP contribution is 2.64. The molecule has 0 aromatic heterocycles. The van der Waals surface area contributed by atoms with Gasteiger partial charge < -0.3 is 0 Å². The van der Waals surface area contributed by atoms with Gasteiger partial charge in [0, 0.05) is 5.92 Å². The summed E-state index contributed by atoms with van der Waals surface area (Å²) in [5.41, 5.74) is 0.156. The van der Waals surface area contributed by atoms with E-state index in [-0.39, 0.29) is 17.3 Å². The molecule has 4 heteroatoms. The molecule has 0 aromatic rings. The van der Waals surface area contributed by atoms with E-state index in [1.165, 1.54) is 0 Å². The molecule has 0 saturated heterocycles. The van der Waals surface area contributed by atoms with Crippen LogP contribution in [0.25, 0.3) is 0 Å². The SMILES string of the molecule is CC(=O)[C@H]1CCC2[C@@H]3CC[C@@H]4CC(C(F)(F)F)CC[C@@H]4C3CC[C@@]21C. The van der Waals surface area contributed by atoms with Crippen LogP contribution in [0.15, 0.2) is 0 Å². The third-order valence-corrected chi connectivity index (χ3v) is 8.91. The first-order valence-corrected chi connectivity index (χ1v) is 10.3. The van der Waals surface area contributed by atoms with Gasteiger partial charge in [-0.25, -0.2) is 0 Å². The van der Waals surface area contributed by atoms with Crippen LogP contribution in [0.1, 0.15) is 71.6 Å². The number of fused-ring (bicyclic) bond motifs is 5. The highest BCUT2D eigenvalue weighted by molar-refractivity contribution is 5.79. The minimum atomic E-state index is -4.01. The van der Waals surface area contributed by atoms with Crippen molar-refractivity contribution in [2.75, 3.05) is 0 Å². The van der Waals surface area contributed by atoms with Gasteiger partial charge in [0.25, 0.3) is 0 Å². The standard InChI is InChI=1S/C21H31F3O/c1-12(25)18-7-8-19-17-5-3-13-11-14(21(22,23)24)4-6-15(13)16(17)9-10-20(18,19)2/h13-19H,3-11H2,1-2H3/t13-,14?,15+,16?,17-,18-,19?,20-/m1/s1. The van der Waals surface area contributed by atoms with Crippen molar-refractivity contribution in [3.8, 4) is 0 Å². The van der Waals surface area contributed by atoms with E-state index in [9.17, 15) is 18.0 Å². The molecule has 0 heterocycles. The van der Waals surface area contributed by atoms with Crippen LogP contribution < -0.4 is 0 Å². The number of alkyl halides is 3. The van der Waals surface area contributed by atoms with Crippen LogP contribution in [-0.4, -0.2) is 12.0 Å². The molecule has 1 nitrogen and oxygen atoms in total. The summed E-state index contributed by atoms with van der Waals surface area (Å²) in [4.78, 5) is 12.1. The van der Waals surface area contributed by atoms with Crippen molar-refractivity contribution in [2.45, 2.75) is 77.8 Å². The van der Waals surface area contributed by atoms with Crippen molar-refractivity contribution in [2.24, 2.45) is 46.8 Å². The van der Waals surface area contributed by atoms with E-state index in [4.69, 9.17) is 0 Å². The maximum absolute atomic E-state index is 13.1.